The predicted molar refractivity (Wildman–Crippen MR) is 56.2 cm³/mol. The highest BCUT2D eigenvalue weighted by Gasteiger charge is 2.10. The first kappa shape index (κ1) is 10.6. The SMILES string of the molecule is CCC1=CN(CCC#N)NN=C1CC. The van der Waals surface area contributed by atoms with Gasteiger partial charge in [0.15, 0.2) is 0 Å². The molecule has 0 spiro atoms. The van der Waals surface area contributed by atoms with Crippen molar-refractivity contribution in [3.63, 3.8) is 0 Å². The third kappa shape index (κ3) is 2.49. The van der Waals surface area contributed by atoms with Gasteiger partial charge >= 0.3 is 0 Å². The number of nitriles is 1. The molecule has 1 aliphatic heterocycles. The number of nitrogens with zero attached hydrogens (tertiary/aromatic N) is 3. The number of rotatable bonds is 4. The molecule has 1 aliphatic rings. The van der Waals surface area contributed by atoms with Crippen molar-refractivity contribution in [1.29, 1.82) is 5.26 Å². The van der Waals surface area contributed by atoms with Crippen LogP contribution in [0.5, 0.6) is 0 Å². The van der Waals surface area contributed by atoms with Crippen molar-refractivity contribution in [3.8, 4) is 6.07 Å². The van der Waals surface area contributed by atoms with E-state index < -0.39 is 0 Å². The fourth-order valence-electron chi connectivity index (χ4n) is 1.37. The summed E-state index contributed by atoms with van der Waals surface area (Å²) < 4.78 is 0. The number of hydrazone groups is 1. The Balaban J connectivity index is 2.60. The minimum Gasteiger partial charge on any atom is -0.278 e. The van der Waals surface area contributed by atoms with Gasteiger partial charge in [0.05, 0.1) is 24.7 Å². The van der Waals surface area contributed by atoms with Crippen LogP contribution in [0.15, 0.2) is 16.9 Å². The van der Waals surface area contributed by atoms with E-state index in [2.05, 4.69) is 30.6 Å². The fourth-order valence-corrected chi connectivity index (χ4v) is 1.37. The van der Waals surface area contributed by atoms with Crippen molar-refractivity contribution < 1.29 is 0 Å². The van der Waals surface area contributed by atoms with Crippen molar-refractivity contribution in [2.45, 2.75) is 33.1 Å². The van der Waals surface area contributed by atoms with Crippen LogP contribution in [0, 0.1) is 11.3 Å². The lowest BCUT2D eigenvalue weighted by Crippen LogP contribution is -2.35. The number of nitrogens with one attached hydrogen (secondary N) is 1. The lowest BCUT2D eigenvalue weighted by molar-refractivity contribution is 0.276. The summed E-state index contributed by atoms with van der Waals surface area (Å²) in [6, 6.07) is 2.11. The van der Waals surface area contributed by atoms with E-state index >= 15 is 0 Å². The van der Waals surface area contributed by atoms with E-state index in [4.69, 9.17) is 5.26 Å². The van der Waals surface area contributed by atoms with E-state index in [1.165, 1.54) is 5.57 Å². The molecule has 0 aromatic carbocycles. The second kappa shape index (κ2) is 5.28. The minimum atomic E-state index is 0.511. The normalized spacial score (nSPS) is 15.4. The molecule has 1 heterocycles. The zero-order chi connectivity index (χ0) is 10.4. The molecular weight excluding hydrogens is 176 g/mol. The molecule has 1 rings (SSSR count). The van der Waals surface area contributed by atoms with Crippen LogP contribution in [0.2, 0.25) is 0 Å². The molecule has 0 aromatic heterocycles. The maximum absolute atomic E-state index is 8.46. The molecule has 0 bridgehead atoms. The largest absolute Gasteiger partial charge is 0.278 e. The lowest BCUT2D eigenvalue weighted by Gasteiger charge is -2.25. The third-order valence-electron chi connectivity index (χ3n) is 2.18. The maximum atomic E-state index is 8.46. The molecule has 76 valence electrons. The molecule has 0 fully saturated rings. The zero-order valence-corrected chi connectivity index (χ0v) is 8.75. The monoisotopic (exact) mass is 192 g/mol. The highest BCUT2D eigenvalue weighted by Crippen LogP contribution is 2.11. The summed E-state index contributed by atoms with van der Waals surface area (Å²) >= 11 is 0. The van der Waals surface area contributed by atoms with Crippen molar-refractivity contribution in [3.05, 3.63) is 11.8 Å². The maximum Gasteiger partial charge on any atom is 0.0667 e. The Kier molecular flexibility index (Phi) is 3.99. The topological polar surface area (TPSA) is 51.4 Å². The van der Waals surface area contributed by atoms with Crippen LogP contribution in [0.3, 0.4) is 0 Å². The Labute approximate surface area is 84.9 Å². The summed E-state index contributed by atoms with van der Waals surface area (Å²) in [7, 11) is 0. The highest BCUT2D eigenvalue weighted by molar-refractivity contribution is 5.99. The van der Waals surface area contributed by atoms with Gasteiger partial charge in [-0.2, -0.15) is 10.4 Å². The second-order valence-corrected chi connectivity index (χ2v) is 3.12. The first-order valence-corrected chi connectivity index (χ1v) is 4.98. The van der Waals surface area contributed by atoms with Gasteiger partial charge in [0.1, 0.15) is 0 Å². The minimum absolute atomic E-state index is 0.511. The van der Waals surface area contributed by atoms with Gasteiger partial charge in [-0.25, -0.2) is 5.53 Å². The predicted octanol–water partition coefficient (Wildman–Crippen LogP) is 1.78. The molecule has 0 saturated carbocycles. The van der Waals surface area contributed by atoms with Crippen molar-refractivity contribution in [2.75, 3.05) is 6.54 Å². The van der Waals surface area contributed by atoms with Gasteiger partial charge < -0.3 is 0 Å². The Morgan fingerprint density at radius 1 is 1.50 bits per heavy atom. The lowest BCUT2D eigenvalue weighted by atomic mass is 10.1. The van der Waals surface area contributed by atoms with Gasteiger partial charge in [-0.3, -0.25) is 5.01 Å². The average molecular weight is 192 g/mol. The number of hydrogen-bond acceptors (Lipinski definition) is 4. The van der Waals surface area contributed by atoms with Crippen LogP contribution in [0.4, 0.5) is 0 Å². The van der Waals surface area contributed by atoms with Gasteiger partial charge in [0.2, 0.25) is 0 Å². The molecule has 0 amide bonds. The second-order valence-electron chi connectivity index (χ2n) is 3.12. The Morgan fingerprint density at radius 3 is 2.86 bits per heavy atom. The number of hydrazine groups is 1. The van der Waals surface area contributed by atoms with E-state index in [-0.39, 0.29) is 0 Å². The van der Waals surface area contributed by atoms with E-state index in [0.717, 1.165) is 18.6 Å². The van der Waals surface area contributed by atoms with E-state index in [1.54, 1.807) is 0 Å². The van der Waals surface area contributed by atoms with Crippen LogP contribution in [-0.4, -0.2) is 17.3 Å². The molecule has 0 aromatic rings. The summed E-state index contributed by atoms with van der Waals surface area (Å²) in [6.45, 7) is 4.89. The molecular formula is C10H16N4. The molecule has 14 heavy (non-hydrogen) atoms. The summed E-state index contributed by atoms with van der Waals surface area (Å²) in [5.74, 6) is 0. The Bertz CT molecular complexity index is 285. The quantitative estimate of drug-likeness (QED) is 0.738. The molecule has 0 aliphatic carbocycles. The number of allylic oxidation sites excluding steroid dienone is 1. The first-order valence-electron chi connectivity index (χ1n) is 4.98. The summed E-state index contributed by atoms with van der Waals surface area (Å²) in [6.07, 6.45) is 4.48. The molecule has 4 nitrogen and oxygen atoms in total. The summed E-state index contributed by atoms with van der Waals surface area (Å²) in [5, 5.41) is 14.6. The van der Waals surface area contributed by atoms with E-state index in [9.17, 15) is 0 Å². The van der Waals surface area contributed by atoms with Gasteiger partial charge in [-0.05, 0) is 18.4 Å². The van der Waals surface area contributed by atoms with Gasteiger partial charge in [0.25, 0.3) is 0 Å². The molecule has 0 atom stereocenters. The smallest absolute Gasteiger partial charge is 0.0667 e. The standard InChI is InChI=1S/C10H16N4/c1-3-9-8-14(7-5-6-11)13-12-10(9)4-2/h8,13H,3-5,7H2,1-2H3. The first-order chi connectivity index (χ1) is 6.81. The third-order valence-corrected chi connectivity index (χ3v) is 2.18. The van der Waals surface area contributed by atoms with Crippen molar-refractivity contribution in [2.24, 2.45) is 5.10 Å². The van der Waals surface area contributed by atoms with Crippen molar-refractivity contribution in [1.82, 2.24) is 10.5 Å². The number of hydrogen-bond donors (Lipinski definition) is 1. The zero-order valence-electron chi connectivity index (χ0n) is 8.75. The van der Waals surface area contributed by atoms with Crippen molar-refractivity contribution >= 4 is 5.71 Å². The van der Waals surface area contributed by atoms with Crippen LogP contribution in [0.25, 0.3) is 0 Å². The van der Waals surface area contributed by atoms with Gasteiger partial charge in [0, 0.05) is 6.20 Å². The molecule has 0 saturated heterocycles. The average Bonchev–Trinajstić information content (AvgIpc) is 2.25. The molecule has 0 unspecified atom stereocenters. The Morgan fingerprint density at radius 2 is 2.29 bits per heavy atom. The van der Waals surface area contributed by atoms with Crippen LogP contribution < -0.4 is 5.53 Å². The van der Waals surface area contributed by atoms with Crippen LogP contribution >= 0.6 is 0 Å². The molecule has 4 heteroatoms. The fraction of sp³-hybridized carbons (Fsp3) is 0.600. The summed E-state index contributed by atoms with van der Waals surface area (Å²) in [4.78, 5) is 0. The summed E-state index contributed by atoms with van der Waals surface area (Å²) in [5.41, 5.74) is 5.28. The van der Waals surface area contributed by atoms with E-state index in [0.29, 0.717) is 13.0 Å². The van der Waals surface area contributed by atoms with Crippen LogP contribution in [0.1, 0.15) is 33.1 Å². The highest BCUT2D eigenvalue weighted by atomic mass is 15.7. The molecule has 0 radical (unpaired) electrons. The molecule has 1 N–H and O–H groups in total. The van der Waals surface area contributed by atoms with Gasteiger partial charge in [-0.15, -0.1) is 0 Å². The Hall–Kier alpha value is -1.50. The van der Waals surface area contributed by atoms with E-state index in [1.807, 2.05) is 11.2 Å². The van der Waals surface area contributed by atoms with Gasteiger partial charge in [-0.1, -0.05) is 13.8 Å². The van der Waals surface area contributed by atoms with Crippen LogP contribution in [-0.2, 0) is 0 Å².